The highest BCUT2D eigenvalue weighted by atomic mass is 16.2. The van der Waals surface area contributed by atoms with Gasteiger partial charge in [0.25, 0.3) is 5.91 Å². The first-order valence-corrected chi connectivity index (χ1v) is 12.4. The van der Waals surface area contributed by atoms with Crippen molar-refractivity contribution in [2.45, 2.75) is 19.1 Å². The van der Waals surface area contributed by atoms with E-state index in [9.17, 15) is 14.4 Å². The lowest BCUT2D eigenvalue weighted by molar-refractivity contribution is -0.135. The Kier molecular flexibility index (Phi) is 7.09. The van der Waals surface area contributed by atoms with Gasteiger partial charge in [0.15, 0.2) is 0 Å². The Hall–Kier alpha value is -3.97. The molecule has 1 atom stereocenters. The first kappa shape index (κ1) is 23.8. The van der Waals surface area contributed by atoms with Crippen molar-refractivity contribution in [3.8, 4) is 0 Å². The van der Waals surface area contributed by atoms with Crippen LogP contribution in [0.3, 0.4) is 0 Å². The highest BCUT2D eigenvalue weighted by molar-refractivity contribution is 6.05. The van der Waals surface area contributed by atoms with Crippen LogP contribution in [0.15, 0.2) is 84.9 Å². The second kappa shape index (κ2) is 10.7. The van der Waals surface area contributed by atoms with Gasteiger partial charge in [-0.2, -0.15) is 0 Å². The maximum atomic E-state index is 13.3. The van der Waals surface area contributed by atoms with E-state index in [1.807, 2.05) is 60.7 Å². The second-order valence-electron chi connectivity index (χ2n) is 9.27. The second-order valence-corrected chi connectivity index (χ2v) is 9.27. The van der Waals surface area contributed by atoms with E-state index < -0.39 is 6.04 Å². The number of piperazine rings is 1. The summed E-state index contributed by atoms with van der Waals surface area (Å²) in [5.41, 5.74) is 3.42. The Morgan fingerprint density at radius 1 is 0.750 bits per heavy atom. The van der Waals surface area contributed by atoms with Crippen molar-refractivity contribution in [3.05, 3.63) is 107 Å². The van der Waals surface area contributed by atoms with Gasteiger partial charge in [0.05, 0.1) is 6.54 Å². The lowest BCUT2D eigenvalue weighted by Crippen LogP contribution is -2.51. The molecule has 0 bridgehead atoms. The maximum absolute atomic E-state index is 13.3. The number of rotatable bonds is 7. The molecule has 0 aromatic heterocycles. The van der Waals surface area contributed by atoms with E-state index in [0.717, 1.165) is 25.2 Å². The Balaban J connectivity index is 1.19. The molecule has 7 nitrogen and oxygen atoms in total. The highest BCUT2D eigenvalue weighted by Gasteiger charge is 2.41. The summed E-state index contributed by atoms with van der Waals surface area (Å²) in [4.78, 5) is 45.0. The van der Waals surface area contributed by atoms with E-state index in [4.69, 9.17) is 0 Å². The molecule has 3 aromatic carbocycles. The van der Waals surface area contributed by atoms with E-state index in [1.54, 1.807) is 21.9 Å². The Morgan fingerprint density at radius 3 is 2.00 bits per heavy atom. The lowest BCUT2D eigenvalue weighted by Gasteiger charge is -2.35. The normalized spacial score (nSPS) is 17.7. The summed E-state index contributed by atoms with van der Waals surface area (Å²) in [6.07, 6.45) is 0. The molecule has 2 aliphatic rings. The number of carbonyl (C=O) groups excluding carboxylic acids is 3. The Morgan fingerprint density at radius 2 is 1.33 bits per heavy atom. The van der Waals surface area contributed by atoms with Gasteiger partial charge in [0.1, 0.15) is 6.04 Å². The molecule has 1 fully saturated rings. The summed E-state index contributed by atoms with van der Waals surface area (Å²) in [7, 11) is 0. The number of benzene rings is 3. The van der Waals surface area contributed by atoms with E-state index in [2.05, 4.69) is 22.3 Å². The van der Waals surface area contributed by atoms with Crippen LogP contribution >= 0.6 is 0 Å². The van der Waals surface area contributed by atoms with Crippen molar-refractivity contribution in [2.24, 2.45) is 0 Å². The monoisotopic (exact) mass is 482 g/mol. The van der Waals surface area contributed by atoms with Gasteiger partial charge in [-0.1, -0.05) is 78.9 Å². The fourth-order valence-electron chi connectivity index (χ4n) is 4.96. The summed E-state index contributed by atoms with van der Waals surface area (Å²) in [6, 6.07) is 26.4. The maximum Gasteiger partial charge on any atom is 0.255 e. The van der Waals surface area contributed by atoms with E-state index in [1.165, 1.54) is 5.56 Å². The molecule has 7 heteroatoms. The molecule has 0 unspecified atom stereocenters. The predicted molar refractivity (Wildman–Crippen MR) is 137 cm³/mol. The zero-order valence-corrected chi connectivity index (χ0v) is 20.2. The summed E-state index contributed by atoms with van der Waals surface area (Å²) >= 11 is 0. The fourth-order valence-corrected chi connectivity index (χ4v) is 4.96. The zero-order chi connectivity index (χ0) is 24.9. The molecular weight excluding hydrogens is 452 g/mol. The van der Waals surface area contributed by atoms with Crippen LogP contribution in [0.25, 0.3) is 0 Å². The van der Waals surface area contributed by atoms with Crippen molar-refractivity contribution in [3.63, 3.8) is 0 Å². The molecule has 5 rings (SSSR count). The number of nitrogens with zero attached hydrogens (tertiary/aromatic N) is 3. The van der Waals surface area contributed by atoms with Crippen molar-refractivity contribution in [1.29, 1.82) is 0 Å². The molecule has 0 aliphatic carbocycles. The van der Waals surface area contributed by atoms with Gasteiger partial charge in [-0.05, 0) is 22.8 Å². The molecule has 184 valence electrons. The third kappa shape index (κ3) is 5.16. The van der Waals surface area contributed by atoms with E-state index in [0.29, 0.717) is 30.8 Å². The number of carbonyl (C=O) groups is 3. The third-order valence-electron chi connectivity index (χ3n) is 6.89. The van der Waals surface area contributed by atoms with Crippen LogP contribution in [0.4, 0.5) is 0 Å². The average molecular weight is 483 g/mol. The molecule has 36 heavy (non-hydrogen) atoms. The molecule has 2 aliphatic heterocycles. The van der Waals surface area contributed by atoms with Crippen LogP contribution in [0.2, 0.25) is 0 Å². The van der Waals surface area contributed by atoms with Crippen molar-refractivity contribution >= 4 is 17.7 Å². The predicted octanol–water partition coefficient (Wildman–Crippen LogP) is 2.84. The molecule has 0 spiro atoms. The van der Waals surface area contributed by atoms with Crippen LogP contribution in [0, 0.1) is 0 Å². The molecule has 1 saturated heterocycles. The summed E-state index contributed by atoms with van der Waals surface area (Å²) in [5, 5.41) is 2.81. The zero-order valence-electron chi connectivity index (χ0n) is 20.2. The molecule has 0 saturated carbocycles. The van der Waals surface area contributed by atoms with Gasteiger partial charge in [-0.25, -0.2) is 0 Å². The van der Waals surface area contributed by atoms with Crippen LogP contribution in [0.1, 0.15) is 33.1 Å². The summed E-state index contributed by atoms with van der Waals surface area (Å²) in [5.74, 6) is -0.606. The molecule has 2 heterocycles. The van der Waals surface area contributed by atoms with Crippen LogP contribution in [-0.4, -0.2) is 65.1 Å². The minimum atomic E-state index is -0.760. The number of amides is 3. The van der Waals surface area contributed by atoms with Gasteiger partial charge in [-0.3, -0.25) is 19.3 Å². The molecule has 1 N–H and O–H groups in total. The number of fused-ring (bicyclic) bond motifs is 1. The molecule has 3 amide bonds. The first-order valence-electron chi connectivity index (χ1n) is 12.4. The SMILES string of the molecule is O=C(NCC(=O)N1CCN(Cc2ccccc2)CC1)[C@H]1c2ccccc2C(=O)N1Cc1ccccc1. The molecule has 3 aromatic rings. The minimum Gasteiger partial charge on any atom is -0.345 e. The smallest absolute Gasteiger partial charge is 0.255 e. The van der Waals surface area contributed by atoms with Crippen molar-refractivity contribution < 1.29 is 14.4 Å². The van der Waals surface area contributed by atoms with Crippen LogP contribution in [-0.2, 0) is 22.7 Å². The minimum absolute atomic E-state index is 0.0798. The summed E-state index contributed by atoms with van der Waals surface area (Å²) in [6.45, 7) is 3.96. The molecule has 0 radical (unpaired) electrons. The van der Waals surface area contributed by atoms with Crippen LogP contribution < -0.4 is 5.32 Å². The van der Waals surface area contributed by atoms with Crippen molar-refractivity contribution in [2.75, 3.05) is 32.7 Å². The van der Waals surface area contributed by atoms with Crippen molar-refractivity contribution in [1.82, 2.24) is 20.0 Å². The number of hydrogen-bond donors (Lipinski definition) is 1. The van der Waals surface area contributed by atoms with Gasteiger partial charge < -0.3 is 15.1 Å². The Bertz CT molecular complexity index is 1220. The highest BCUT2D eigenvalue weighted by Crippen LogP contribution is 2.34. The average Bonchev–Trinajstić information content (AvgIpc) is 3.20. The first-order chi connectivity index (χ1) is 17.6. The third-order valence-corrected chi connectivity index (χ3v) is 6.89. The van der Waals surface area contributed by atoms with Gasteiger partial charge in [-0.15, -0.1) is 0 Å². The van der Waals surface area contributed by atoms with Crippen LogP contribution in [0.5, 0.6) is 0 Å². The largest absolute Gasteiger partial charge is 0.345 e. The van der Waals surface area contributed by atoms with Gasteiger partial charge in [0, 0.05) is 44.8 Å². The number of nitrogens with one attached hydrogen (secondary N) is 1. The molecular formula is C29H30N4O3. The standard InChI is InChI=1S/C29H30N4O3/c34-26(32-17-15-31(16-18-32)20-22-9-3-1-4-10-22)19-30-28(35)27-24-13-7-8-14-25(24)29(36)33(27)21-23-11-5-2-6-12-23/h1-14,27H,15-21H2,(H,30,35)/t27-/m1/s1. The van der Waals surface area contributed by atoms with Gasteiger partial charge >= 0.3 is 0 Å². The Labute approximate surface area is 211 Å². The summed E-state index contributed by atoms with van der Waals surface area (Å²) < 4.78 is 0. The van der Waals surface area contributed by atoms with Gasteiger partial charge in [0.2, 0.25) is 11.8 Å². The van der Waals surface area contributed by atoms with E-state index >= 15 is 0 Å². The topological polar surface area (TPSA) is 73.0 Å². The van der Waals surface area contributed by atoms with E-state index in [-0.39, 0.29) is 24.3 Å². The lowest BCUT2D eigenvalue weighted by atomic mass is 10.0. The number of hydrogen-bond acceptors (Lipinski definition) is 4. The quantitative estimate of drug-likeness (QED) is 0.562. The fraction of sp³-hybridized carbons (Fsp3) is 0.276.